The zero-order valence-electron chi connectivity index (χ0n) is 21.0. The van der Waals surface area contributed by atoms with Gasteiger partial charge in [-0.3, -0.25) is 19.7 Å². The van der Waals surface area contributed by atoms with Crippen LogP contribution in [-0.4, -0.2) is 53.3 Å². The Morgan fingerprint density at radius 3 is 2.55 bits per heavy atom. The molecule has 0 aromatic heterocycles. The van der Waals surface area contributed by atoms with Crippen molar-refractivity contribution in [3.63, 3.8) is 0 Å². The van der Waals surface area contributed by atoms with E-state index in [0.29, 0.717) is 42.2 Å². The molecule has 3 aliphatic heterocycles. The monoisotopic (exact) mass is 558 g/mol. The predicted octanol–water partition coefficient (Wildman–Crippen LogP) is 4.13. The van der Waals surface area contributed by atoms with Crippen molar-refractivity contribution in [2.24, 2.45) is 0 Å². The molecular weight excluding hydrogens is 530 g/mol. The van der Waals surface area contributed by atoms with Crippen molar-refractivity contribution in [3.8, 4) is 0 Å². The number of fused-ring (bicyclic) bond motifs is 3. The van der Waals surface area contributed by atoms with E-state index in [9.17, 15) is 14.4 Å². The van der Waals surface area contributed by atoms with Crippen LogP contribution in [0.25, 0.3) is 0 Å². The highest BCUT2D eigenvalue weighted by Gasteiger charge is 2.72. The minimum absolute atomic E-state index is 0.0497. The Morgan fingerprint density at radius 1 is 1.11 bits per heavy atom. The average Bonchev–Trinajstić information content (AvgIpc) is 3.30. The lowest BCUT2D eigenvalue weighted by Gasteiger charge is -2.47. The third-order valence-electron chi connectivity index (χ3n) is 8.98. The Labute approximate surface area is 230 Å². The van der Waals surface area contributed by atoms with Crippen molar-refractivity contribution in [2.75, 3.05) is 18.4 Å². The van der Waals surface area contributed by atoms with Crippen molar-refractivity contribution in [3.05, 3.63) is 63.4 Å². The van der Waals surface area contributed by atoms with E-state index in [4.69, 9.17) is 23.2 Å². The summed E-state index contributed by atoms with van der Waals surface area (Å²) in [4.78, 5) is 41.5. The molecule has 38 heavy (non-hydrogen) atoms. The molecule has 2 saturated heterocycles. The summed E-state index contributed by atoms with van der Waals surface area (Å²) in [6.45, 7) is 2.33. The molecule has 1 saturated carbocycles. The van der Waals surface area contributed by atoms with Crippen LogP contribution in [0.1, 0.15) is 56.1 Å². The van der Waals surface area contributed by atoms with Crippen LogP contribution in [0.5, 0.6) is 0 Å². The molecular formula is C28H29Cl2FN4O3. The molecule has 1 aliphatic carbocycles. The van der Waals surface area contributed by atoms with Crippen molar-refractivity contribution in [1.82, 2.24) is 15.5 Å². The van der Waals surface area contributed by atoms with E-state index in [1.165, 1.54) is 13.0 Å². The zero-order valence-corrected chi connectivity index (χ0v) is 22.5. The fourth-order valence-electron chi connectivity index (χ4n) is 7.34. The van der Waals surface area contributed by atoms with Gasteiger partial charge < -0.3 is 15.5 Å². The van der Waals surface area contributed by atoms with Gasteiger partial charge in [0.05, 0.1) is 17.1 Å². The van der Waals surface area contributed by atoms with Gasteiger partial charge in [-0.1, -0.05) is 60.7 Å². The summed E-state index contributed by atoms with van der Waals surface area (Å²) in [5.41, 5.74) is -0.511. The summed E-state index contributed by atoms with van der Waals surface area (Å²) in [6, 6.07) is 8.92. The summed E-state index contributed by atoms with van der Waals surface area (Å²) < 4.78 is 15.8. The van der Waals surface area contributed by atoms with Gasteiger partial charge in [-0.15, -0.1) is 0 Å². The molecule has 4 aliphatic rings. The van der Waals surface area contributed by atoms with Crippen LogP contribution in [0.15, 0.2) is 36.4 Å². The fraction of sp³-hybridized carbons (Fsp3) is 0.464. The lowest BCUT2D eigenvalue weighted by atomic mass is 9.55. The number of amides is 3. The van der Waals surface area contributed by atoms with Crippen LogP contribution in [0.4, 0.5) is 10.1 Å². The second kappa shape index (κ2) is 9.21. The fourth-order valence-corrected chi connectivity index (χ4v) is 7.69. The van der Waals surface area contributed by atoms with Gasteiger partial charge in [0.2, 0.25) is 17.7 Å². The van der Waals surface area contributed by atoms with Crippen molar-refractivity contribution < 1.29 is 18.8 Å². The molecule has 0 radical (unpaired) electrons. The Morgan fingerprint density at radius 2 is 1.84 bits per heavy atom. The first-order chi connectivity index (χ1) is 18.2. The van der Waals surface area contributed by atoms with Crippen molar-refractivity contribution in [2.45, 2.75) is 68.0 Å². The highest BCUT2D eigenvalue weighted by molar-refractivity contribution is 6.31. The molecule has 3 amide bonds. The Kier molecular flexibility index (Phi) is 6.20. The molecule has 3 fully saturated rings. The van der Waals surface area contributed by atoms with Gasteiger partial charge in [0.25, 0.3) is 0 Å². The van der Waals surface area contributed by atoms with Gasteiger partial charge >= 0.3 is 0 Å². The number of halogens is 3. The van der Waals surface area contributed by atoms with Gasteiger partial charge in [-0.2, -0.15) is 0 Å². The van der Waals surface area contributed by atoms with E-state index in [1.54, 1.807) is 29.2 Å². The highest BCUT2D eigenvalue weighted by Crippen LogP contribution is 2.62. The Bertz CT molecular complexity index is 1340. The largest absolute Gasteiger partial charge is 0.348 e. The van der Waals surface area contributed by atoms with E-state index in [0.717, 1.165) is 19.3 Å². The smallest absolute Gasteiger partial charge is 0.238 e. The topological polar surface area (TPSA) is 90.5 Å². The van der Waals surface area contributed by atoms with Crippen LogP contribution in [-0.2, 0) is 19.8 Å². The zero-order chi connectivity index (χ0) is 26.8. The minimum atomic E-state index is -1.26. The van der Waals surface area contributed by atoms with Gasteiger partial charge in [-0.05, 0) is 42.2 Å². The lowest BCUT2D eigenvalue weighted by molar-refractivity contribution is -0.136. The lowest BCUT2D eigenvalue weighted by Crippen LogP contribution is -2.63. The number of benzene rings is 2. The third kappa shape index (κ3) is 3.60. The molecule has 3 N–H and O–H groups in total. The number of nitrogens with one attached hydrogen (secondary N) is 3. The summed E-state index contributed by atoms with van der Waals surface area (Å²) >= 11 is 12.6. The normalized spacial score (nSPS) is 27.8. The van der Waals surface area contributed by atoms with Gasteiger partial charge in [-0.25, -0.2) is 4.39 Å². The maximum atomic E-state index is 15.8. The molecule has 0 bridgehead atoms. The maximum absolute atomic E-state index is 15.8. The summed E-state index contributed by atoms with van der Waals surface area (Å²) in [7, 11) is 0. The first-order valence-electron chi connectivity index (χ1n) is 13.1. The van der Waals surface area contributed by atoms with E-state index >= 15 is 4.39 Å². The standard InChI is InChI=1S/C28H29Cl2FN4O3/c1-15(36)35-13-17(14-35)32-25(37)24-22(18-6-5-7-20(30)23(18)31)28(27(34-24)10-3-2-4-11-27)19-9-8-16(29)12-21(19)33-26(28)38/h5-9,12,17,22,24,34H,2-4,10-11,13-14H2,1H3,(H,32,37)(H,33,38). The number of nitrogens with zero attached hydrogens (tertiary/aromatic N) is 1. The molecule has 2 aromatic rings. The van der Waals surface area contributed by atoms with Crippen molar-refractivity contribution in [1.29, 1.82) is 0 Å². The molecule has 7 nitrogen and oxygen atoms in total. The third-order valence-corrected chi connectivity index (χ3v) is 9.51. The number of hydrogen-bond acceptors (Lipinski definition) is 4. The van der Waals surface area contributed by atoms with Crippen molar-refractivity contribution >= 4 is 46.6 Å². The Hall–Kier alpha value is -2.68. The molecule has 6 rings (SSSR count). The van der Waals surface area contributed by atoms with E-state index in [2.05, 4.69) is 16.0 Å². The second-order valence-electron chi connectivity index (χ2n) is 11.0. The Balaban J connectivity index is 1.52. The number of carbonyl (C=O) groups is 3. The van der Waals surface area contributed by atoms with Crippen LogP contribution in [0.3, 0.4) is 0 Å². The first kappa shape index (κ1) is 25.6. The van der Waals surface area contributed by atoms with Gasteiger partial charge in [0.15, 0.2) is 0 Å². The van der Waals surface area contributed by atoms with E-state index in [1.807, 2.05) is 6.07 Å². The number of rotatable bonds is 3. The van der Waals surface area contributed by atoms with Crippen LogP contribution in [0.2, 0.25) is 10.0 Å². The summed E-state index contributed by atoms with van der Waals surface area (Å²) in [5, 5.41) is 10.1. The molecule has 10 heteroatoms. The summed E-state index contributed by atoms with van der Waals surface area (Å²) in [6.07, 6.45) is 4.09. The van der Waals surface area contributed by atoms with Crippen LogP contribution >= 0.6 is 23.2 Å². The van der Waals surface area contributed by atoms with Gasteiger partial charge in [0, 0.05) is 42.2 Å². The molecule has 200 valence electrons. The number of anilines is 1. The number of carbonyl (C=O) groups excluding carboxylic acids is 3. The second-order valence-corrected chi connectivity index (χ2v) is 11.8. The molecule has 2 aromatic carbocycles. The molecule has 3 heterocycles. The molecule has 3 atom stereocenters. The number of hydrogen-bond donors (Lipinski definition) is 3. The van der Waals surface area contributed by atoms with E-state index in [-0.39, 0.29) is 34.3 Å². The van der Waals surface area contributed by atoms with Crippen LogP contribution < -0.4 is 16.0 Å². The predicted molar refractivity (Wildman–Crippen MR) is 143 cm³/mol. The molecule has 2 spiro atoms. The number of likely N-dealkylation sites (tertiary alicyclic amines) is 1. The minimum Gasteiger partial charge on any atom is -0.348 e. The van der Waals surface area contributed by atoms with Gasteiger partial charge in [0.1, 0.15) is 11.2 Å². The van der Waals surface area contributed by atoms with E-state index < -0.39 is 28.7 Å². The first-order valence-corrected chi connectivity index (χ1v) is 13.8. The average molecular weight is 559 g/mol. The SMILES string of the molecule is CC(=O)N1CC(NC(=O)C2NC3(CCCCC3)C3(C(=O)Nc4cc(Cl)ccc43)C2c2cccc(Cl)c2F)C1. The van der Waals surface area contributed by atoms with Crippen LogP contribution in [0, 0.1) is 5.82 Å². The summed E-state index contributed by atoms with van der Waals surface area (Å²) in [5.74, 6) is -2.14. The molecule has 3 unspecified atom stereocenters. The maximum Gasteiger partial charge on any atom is 0.238 e. The highest BCUT2D eigenvalue weighted by atomic mass is 35.5. The quantitative estimate of drug-likeness (QED) is 0.528.